The van der Waals surface area contributed by atoms with Crippen LogP contribution in [-0.4, -0.2) is 35.2 Å². The summed E-state index contributed by atoms with van der Waals surface area (Å²) < 4.78 is 13.0. The van der Waals surface area contributed by atoms with E-state index in [2.05, 4.69) is 10.3 Å². The smallest absolute Gasteiger partial charge is 0.269 e. The van der Waals surface area contributed by atoms with Crippen LogP contribution in [0.2, 0.25) is 0 Å². The first-order chi connectivity index (χ1) is 12.8. The number of fused-ring (bicyclic) bond motifs is 1. The number of aromatic nitrogens is 2. The molecule has 4 rings (SSSR count). The van der Waals surface area contributed by atoms with E-state index < -0.39 is 0 Å². The first kappa shape index (κ1) is 16.2. The molecular weight excluding hydrogens is 330 g/mol. The molecule has 0 saturated carbocycles. The van der Waals surface area contributed by atoms with Crippen molar-refractivity contribution >= 4 is 5.91 Å². The summed E-state index contributed by atoms with van der Waals surface area (Å²) in [5.74, 6) is 1.35. The van der Waals surface area contributed by atoms with E-state index in [1.807, 2.05) is 53.4 Å². The fourth-order valence-electron chi connectivity index (χ4n) is 2.87. The second-order valence-electron chi connectivity index (χ2n) is 5.97. The quantitative estimate of drug-likeness (QED) is 0.769. The molecule has 132 valence electrons. The number of nitrogens with zero attached hydrogens (tertiary/aromatic N) is 2. The van der Waals surface area contributed by atoms with Crippen LogP contribution in [0, 0.1) is 0 Å². The summed E-state index contributed by atoms with van der Waals surface area (Å²) in [5, 5.41) is 2.92. The van der Waals surface area contributed by atoms with Crippen LogP contribution in [0.3, 0.4) is 0 Å². The Hall–Kier alpha value is -3.28. The standard InChI is InChI=1S/C20H19N3O3/c24-20(17-14-16(6-8-21-17)23-9-1-2-10-23)22-7-5-15-3-4-18-19(13-15)26-12-11-25-18/h1-4,6,8-10,13-14H,5,7,11-12H2,(H,22,24). The summed E-state index contributed by atoms with van der Waals surface area (Å²) in [6.45, 7) is 1.67. The van der Waals surface area contributed by atoms with E-state index in [9.17, 15) is 4.79 Å². The van der Waals surface area contributed by atoms with Gasteiger partial charge in [-0.3, -0.25) is 9.78 Å². The Balaban J connectivity index is 1.36. The molecule has 1 N–H and O–H groups in total. The van der Waals surface area contributed by atoms with E-state index in [1.165, 1.54) is 0 Å². The molecule has 0 atom stereocenters. The molecule has 0 radical (unpaired) electrons. The molecule has 0 bridgehead atoms. The van der Waals surface area contributed by atoms with Gasteiger partial charge < -0.3 is 19.4 Å². The highest BCUT2D eigenvalue weighted by atomic mass is 16.6. The number of hydrogen-bond donors (Lipinski definition) is 1. The maximum atomic E-state index is 12.4. The maximum Gasteiger partial charge on any atom is 0.269 e. The zero-order chi connectivity index (χ0) is 17.8. The SMILES string of the molecule is O=C(NCCc1ccc2c(c1)OCCO2)c1cc(-n2cccc2)ccn1. The first-order valence-corrected chi connectivity index (χ1v) is 8.56. The van der Waals surface area contributed by atoms with Crippen molar-refractivity contribution in [3.8, 4) is 17.2 Å². The minimum atomic E-state index is -0.184. The molecule has 0 fully saturated rings. The van der Waals surface area contributed by atoms with E-state index in [0.29, 0.717) is 31.9 Å². The third-order valence-corrected chi connectivity index (χ3v) is 4.18. The van der Waals surface area contributed by atoms with Gasteiger partial charge in [0, 0.05) is 30.8 Å². The summed E-state index contributed by atoms with van der Waals surface area (Å²) >= 11 is 0. The first-order valence-electron chi connectivity index (χ1n) is 8.56. The van der Waals surface area contributed by atoms with E-state index >= 15 is 0 Å². The minimum absolute atomic E-state index is 0.184. The van der Waals surface area contributed by atoms with Crippen molar-refractivity contribution in [1.29, 1.82) is 0 Å². The number of ether oxygens (including phenoxy) is 2. The van der Waals surface area contributed by atoms with E-state index in [-0.39, 0.29) is 5.91 Å². The summed E-state index contributed by atoms with van der Waals surface area (Å²) in [6.07, 6.45) is 6.21. The highest BCUT2D eigenvalue weighted by molar-refractivity contribution is 5.92. The second kappa shape index (κ2) is 7.31. The van der Waals surface area contributed by atoms with Gasteiger partial charge in [0.25, 0.3) is 5.91 Å². The van der Waals surface area contributed by atoms with Gasteiger partial charge in [0.2, 0.25) is 0 Å². The third-order valence-electron chi connectivity index (χ3n) is 4.18. The fraction of sp³-hybridized carbons (Fsp3) is 0.200. The van der Waals surface area contributed by atoms with Crippen molar-refractivity contribution in [1.82, 2.24) is 14.9 Å². The van der Waals surface area contributed by atoms with Gasteiger partial charge in [0.05, 0.1) is 0 Å². The second-order valence-corrected chi connectivity index (χ2v) is 5.97. The highest BCUT2D eigenvalue weighted by Gasteiger charge is 2.12. The molecule has 1 aliphatic rings. The molecule has 1 aliphatic heterocycles. The van der Waals surface area contributed by atoms with Crippen molar-refractivity contribution in [2.24, 2.45) is 0 Å². The predicted molar refractivity (Wildman–Crippen MR) is 97.0 cm³/mol. The van der Waals surface area contributed by atoms with Crippen LogP contribution in [0.4, 0.5) is 0 Å². The zero-order valence-electron chi connectivity index (χ0n) is 14.2. The molecule has 0 aliphatic carbocycles. The van der Waals surface area contributed by atoms with Crippen LogP contribution in [0.15, 0.2) is 61.1 Å². The van der Waals surface area contributed by atoms with Gasteiger partial charge in [-0.15, -0.1) is 0 Å². The Morgan fingerprint density at radius 2 is 1.88 bits per heavy atom. The van der Waals surface area contributed by atoms with Crippen LogP contribution in [0.5, 0.6) is 11.5 Å². The van der Waals surface area contributed by atoms with E-state index in [1.54, 1.807) is 12.3 Å². The number of carbonyl (C=O) groups is 1. The largest absolute Gasteiger partial charge is 0.486 e. The summed E-state index contributed by atoms with van der Waals surface area (Å²) in [7, 11) is 0. The van der Waals surface area contributed by atoms with Gasteiger partial charge in [0.1, 0.15) is 18.9 Å². The number of pyridine rings is 1. The Labute approximate surface area is 151 Å². The van der Waals surface area contributed by atoms with E-state index in [0.717, 1.165) is 22.7 Å². The Bertz CT molecular complexity index is 906. The summed E-state index contributed by atoms with van der Waals surface area (Å²) in [4.78, 5) is 16.5. The average molecular weight is 349 g/mol. The lowest BCUT2D eigenvalue weighted by molar-refractivity contribution is 0.0949. The van der Waals surface area contributed by atoms with Crippen LogP contribution < -0.4 is 14.8 Å². The van der Waals surface area contributed by atoms with Crippen molar-refractivity contribution in [2.45, 2.75) is 6.42 Å². The van der Waals surface area contributed by atoms with Gasteiger partial charge in [0.15, 0.2) is 11.5 Å². The van der Waals surface area contributed by atoms with Crippen molar-refractivity contribution in [2.75, 3.05) is 19.8 Å². The molecule has 0 spiro atoms. The number of amides is 1. The van der Waals surface area contributed by atoms with E-state index in [4.69, 9.17) is 9.47 Å². The van der Waals surface area contributed by atoms with Crippen molar-refractivity contribution in [3.63, 3.8) is 0 Å². The molecule has 6 heteroatoms. The number of rotatable bonds is 5. The van der Waals surface area contributed by atoms with Gasteiger partial charge in [-0.2, -0.15) is 0 Å². The molecule has 26 heavy (non-hydrogen) atoms. The van der Waals surface area contributed by atoms with Gasteiger partial charge in [-0.25, -0.2) is 0 Å². The topological polar surface area (TPSA) is 65.4 Å². The predicted octanol–water partition coefficient (Wildman–Crippen LogP) is 2.62. The van der Waals surface area contributed by atoms with Gasteiger partial charge in [-0.05, 0) is 48.4 Å². The van der Waals surface area contributed by atoms with Crippen molar-refractivity contribution < 1.29 is 14.3 Å². The van der Waals surface area contributed by atoms with Crippen LogP contribution in [0.25, 0.3) is 5.69 Å². The summed E-state index contributed by atoms with van der Waals surface area (Å²) in [6, 6.07) is 13.4. The molecule has 0 unspecified atom stereocenters. The number of benzene rings is 1. The Morgan fingerprint density at radius 1 is 1.08 bits per heavy atom. The van der Waals surface area contributed by atoms with Crippen LogP contribution in [-0.2, 0) is 6.42 Å². The minimum Gasteiger partial charge on any atom is -0.486 e. The number of carbonyl (C=O) groups excluding carboxylic acids is 1. The fourth-order valence-corrected chi connectivity index (χ4v) is 2.87. The Kier molecular flexibility index (Phi) is 4.55. The lowest BCUT2D eigenvalue weighted by Crippen LogP contribution is -2.26. The summed E-state index contributed by atoms with van der Waals surface area (Å²) in [5.41, 5.74) is 2.39. The van der Waals surface area contributed by atoms with Gasteiger partial charge >= 0.3 is 0 Å². The van der Waals surface area contributed by atoms with Crippen molar-refractivity contribution in [3.05, 3.63) is 72.3 Å². The molecular formula is C20H19N3O3. The van der Waals surface area contributed by atoms with Gasteiger partial charge in [-0.1, -0.05) is 6.07 Å². The lowest BCUT2D eigenvalue weighted by Gasteiger charge is -2.18. The molecule has 2 aromatic heterocycles. The molecule has 3 aromatic rings. The zero-order valence-corrected chi connectivity index (χ0v) is 14.2. The maximum absolute atomic E-state index is 12.4. The molecule has 1 aromatic carbocycles. The lowest BCUT2D eigenvalue weighted by atomic mass is 10.1. The average Bonchev–Trinajstić information content (AvgIpc) is 3.23. The normalized spacial score (nSPS) is 12.6. The van der Waals surface area contributed by atoms with Crippen LogP contribution >= 0.6 is 0 Å². The molecule has 3 heterocycles. The molecule has 6 nitrogen and oxygen atoms in total. The Morgan fingerprint density at radius 3 is 2.73 bits per heavy atom. The molecule has 0 saturated heterocycles. The monoisotopic (exact) mass is 349 g/mol. The highest BCUT2D eigenvalue weighted by Crippen LogP contribution is 2.30. The van der Waals surface area contributed by atoms with Crippen LogP contribution in [0.1, 0.15) is 16.1 Å². The molecule has 1 amide bonds. The number of nitrogens with one attached hydrogen (secondary N) is 1. The third kappa shape index (κ3) is 3.54. The number of hydrogen-bond acceptors (Lipinski definition) is 4.